The zero-order valence-corrected chi connectivity index (χ0v) is 11.6. The minimum Gasteiger partial charge on any atom is -0.341 e. The van der Waals surface area contributed by atoms with Gasteiger partial charge in [0, 0.05) is 31.0 Å². The van der Waals surface area contributed by atoms with E-state index in [4.69, 9.17) is 5.84 Å². The van der Waals surface area contributed by atoms with Crippen molar-refractivity contribution in [2.75, 3.05) is 31.0 Å². The minimum atomic E-state index is -0.555. The van der Waals surface area contributed by atoms with Crippen molar-refractivity contribution in [2.45, 2.75) is 0 Å². The number of hydrogen-bond acceptors (Lipinski definition) is 6. The summed E-state index contributed by atoms with van der Waals surface area (Å²) in [5.74, 6) is 5.87. The van der Waals surface area contributed by atoms with Gasteiger partial charge in [0.25, 0.3) is 11.6 Å². The number of nitro groups is 1. The van der Waals surface area contributed by atoms with E-state index in [-0.39, 0.29) is 17.3 Å². The highest BCUT2D eigenvalue weighted by Gasteiger charge is 2.18. The van der Waals surface area contributed by atoms with Crippen LogP contribution >= 0.6 is 11.8 Å². The fourth-order valence-corrected chi connectivity index (χ4v) is 1.95. The molecule has 0 aliphatic heterocycles. The molecule has 3 N–H and O–H groups in total. The Hall–Kier alpha value is -1.80. The number of benzene rings is 1. The van der Waals surface area contributed by atoms with E-state index in [0.717, 1.165) is 5.75 Å². The molecule has 0 unspecified atom stereocenters. The Labute approximate surface area is 115 Å². The normalized spacial score (nSPS) is 10.1. The van der Waals surface area contributed by atoms with Crippen LogP contribution in [-0.2, 0) is 0 Å². The van der Waals surface area contributed by atoms with Crippen LogP contribution in [0.15, 0.2) is 18.2 Å². The second kappa shape index (κ2) is 6.95. The lowest BCUT2D eigenvalue weighted by Gasteiger charge is -2.16. The van der Waals surface area contributed by atoms with Gasteiger partial charge < -0.3 is 10.3 Å². The van der Waals surface area contributed by atoms with Gasteiger partial charge in [-0.15, -0.1) is 0 Å². The number of carbonyl (C=O) groups excluding carboxylic acids is 1. The lowest BCUT2D eigenvalue weighted by Crippen LogP contribution is -2.29. The smallest absolute Gasteiger partial charge is 0.293 e. The fraction of sp³-hybridized carbons (Fsp3) is 0.364. The Bertz CT molecular complexity index is 481. The zero-order valence-electron chi connectivity index (χ0n) is 10.8. The minimum absolute atomic E-state index is 0.120. The maximum absolute atomic E-state index is 12.1. The van der Waals surface area contributed by atoms with E-state index in [9.17, 15) is 14.9 Å². The van der Waals surface area contributed by atoms with Crippen molar-refractivity contribution in [3.8, 4) is 0 Å². The van der Waals surface area contributed by atoms with Gasteiger partial charge >= 0.3 is 0 Å². The van der Waals surface area contributed by atoms with Crippen LogP contribution in [0.2, 0.25) is 0 Å². The van der Waals surface area contributed by atoms with Gasteiger partial charge in [0.05, 0.1) is 4.92 Å². The Morgan fingerprint density at radius 2 is 2.26 bits per heavy atom. The van der Waals surface area contributed by atoms with Crippen LogP contribution in [0, 0.1) is 10.1 Å². The van der Waals surface area contributed by atoms with Crippen LogP contribution in [0.25, 0.3) is 0 Å². The summed E-state index contributed by atoms with van der Waals surface area (Å²) in [4.78, 5) is 23.8. The molecule has 1 aromatic rings. The average molecular weight is 284 g/mol. The summed E-state index contributed by atoms with van der Waals surface area (Å²) in [6.45, 7) is 0.613. The summed E-state index contributed by atoms with van der Waals surface area (Å²) < 4.78 is 0. The number of rotatable bonds is 6. The molecule has 104 valence electrons. The summed E-state index contributed by atoms with van der Waals surface area (Å²) in [5.41, 5.74) is 2.56. The van der Waals surface area contributed by atoms with Crippen molar-refractivity contribution in [1.82, 2.24) is 4.90 Å². The van der Waals surface area contributed by atoms with Gasteiger partial charge in [0.2, 0.25) is 0 Å². The maximum Gasteiger partial charge on any atom is 0.293 e. The van der Waals surface area contributed by atoms with Gasteiger partial charge in [-0.05, 0) is 18.4 Å². The third-order valence-electron chi connectivity index (χ3n) is 2.57. The number of nitrogens with zero attached hydrogens (tertiary/aromatic N) is 2. The first-order valence-electron chi connectivity index (χ1n) is 5.50. The number of amides is 1. The van der Waals surface area contributed by atoms with Crippen molar-refractivity contribution in [3.05, 3.63) is 33.9 Å². The summed E-state index contributed by atoms with van der Waals surface area (Å²) in [6.07, 6.45) is 1.96. The standard InChI is InChI=1S/C11H16N4O3S/c1-14(5-6-19-2)11(16)8-3-4-10(15(17)18)9(7-8)13-12/h3-4,7,13H,5-6,12H2,1-2H3. The molecule has 0 aliphatic carbocycles. The quantitative estimate of drug-likeness (QED) is 0.464. The second-order valence-corrected chi connectivity index (χ2v) is 4.84. The van der Waals surface area contributed by atoms with E-state index < -0.39 is 4.92 Å². The van der Waals surface area contributed by atoms with Crippen LogP contribution in [-0.4, -0.2) is 41.3 Å². The molecule has 8 heteroatoms. The summed E-state index contributed by atoms with van der Waals surface area (Å²) in [7, 11) is 1.69. The van der Waals surface area contributed by atoms with Crippen LogP contribution in [0.3, 0.4) is 0 Å². The molecular weight excluding hydrogens is 268 g/mol. The number of nitro benzene ring substituents is 1. The fourth-order valence-electron chi connectivity index (χ4n) is 1.49. The Morgan fingerprint density at radius 1 is 1.58 bits per heavy atom. The number of thioether (sulfide) groups is 1. The molecule has 0 spiro atoms. The molecule has 1 aromatic carbocycles. The number of nitrogen functional groups attached to an aromatic ring is 1. The average Bonchev–Trinajstić information content (AvgIpc) is 2.42. The topological polar surface area (TPSA) is 102 Å². The first kappa shape index (κ1) is 15.3. The van der Waals surface area contributed by atoms with E-state index in [1.165, 1.54) is 18.2 Å². The number of hydrogen-bond donors (Lipinski definition) is 2. The van der Waals surface area contributed by atoms with Gasteiger partial charge in [-0.1, -0.05) is 0 Å². The lowest BCUT2D eigenvalue weighted by molar-refractivity contribution is -0.384. The molecule has 0 bridgehead atoms. The highest BCUT2D eigenvalue weighted by molar-refractivity contribution is 7.98. The van der Waals surface area contributed by atoms with E-state index in [1.54, 1.807) is 23.7 Å². The van der Waals surface area contributed by atoms with Gasteiger partial charge in [0.1, 0.15) is 5.69 Å². The first-order valence-corrected chi connectivity index (χ1v) is 6.90. The van der Waals surface area contributed by atoms with Crippen molar-refractivity contribution in [1.29, 1.82) is 0 Å². The molecular formula is C11H16N4O3S. The van der Waals surface area contributed by atoms with Crippen molar-refractivity contribution in [3.63, 3.8) is 0 Å². The van der Waals surface area contributed by atoms with Gasteiger partial charge in [-0.25, -0.2) is 0 Å². The molecule has 1 amide bonds. The molecule has 0 fully saturated rings. The number of nitrogens with two attached hydrogens (primary N) is 1. The summed E-state index contributed by atoms with van der Waals surface area (Å²) >= 11 is 1.64. The molecule has 0 aromatic heterocycles. The monoisotopic (exact) mass is 284 g/mol. The van der Waals surface area contributed by atoms with Crippen molar-refractivity contribution >= 4 is 29.0 Å². The highest BCUT2D eigenvalue weighted by atomic mass is 32.2. The molecule has 19 heavy (non-hydrogen) atoms. The molecule has 0 heterocycles. The largest absolute Gasteiger partial charge is 0.341 e. The Kier molecular flexibility index (Phi) is 5.58. The number of carbonyl (C=O) groups is 1. The lowest BCUT2D eigenvalue weighted by atomic mass is 10.1. The number of anilines is 1. The van der Waals surface area contributed by atoms with E-state index in [0.29, 0.717) is 12.1 Å². The molecule has 0 radical (unpaired) electrons. The predicted octanol–water partition coefficient (Wildman–Crippen LogP) is 1.32. The molecule has 0 atom stereocenters. The van der Waals surface area contributed by atoms with E-state index >= 15 is 0 Å². The zero-order chi connectivity index (χ0) is 14.4. The SMILES string of the molecule is CSCCN(C)C(=O)c1ccc([N+](=O)[O-])c(NN)c1. The van der Waals surface area contributed by atoms with Crippen LogP contribution < -0.4 is 11.3 Å². The summed E-state index contributed by atoms with van der Waals surface area (Å²) in [5, 5.41) is 10.7. The summed E-state index contributed by atoms with van der Waals surface area (Å²) in [6, 6.07) is 4.08. The number of hydrazine groups is 1. The molecule has 0 aliphatic rings. The van der Waals surface area contributed by atoms with Crippen LogP contribution in [0.1, 0.15) is 10.4 Å². The molecule has 0 saturated carbocycles. The van der Waals surface area contributed by atoms with Gasteiger partial charge in [-0.2, -0.15) is 11.8 Å². The van der Waals surface area contributed by atoms with Crippen molar-refractivity contribution in [2.24, 2.45) is 5.84 Å². The van der Waals surface area contributed by atoms with Crippen LogP contribution in [0.5, 0.6) is 0 Å². The molecule has 0 saturated heterocycles. The Morgan fingerprint density at radius 3 is 2.79 bits per heavy atom. The Balaban J connectivity index is 2.95. The third-order valence-corrected chi connectivity index (χ3v) is 3.16. The first-order chi connectivity index (χ1) is 9.01. The van der Waals surface area contributed by atoms with Gasteiger partial charge in [-0.3, -0.25) is 20.8 Å². The van der Waals surface area contributed by atoms with Gasteiger partial charge in [0.15, 0.2) is 0 Å². The van der Waals surface area contributed by atoms with Crippen molar-refractivity contribution < 1.29 is 9.72 Å². The van der Waals surface area contributed by atoms with E-state index in [2.05, 4.69) is 5.43 Å². The third kappa shape index (κ3) is 3.83. The molecule has 7 nitrogen and oxygen atoms in total. The second-order valence-electron chi connectivity index (χ2n) is 3.85. The van der Waals surface area contributed by atoms with E-state index in [1.807, 2.05) is 6.26 Å². The number of nitrogens with one attached hydrogen (secondary N) is 1. The van der Waals surface area contributed by atoms with Crippen LogP contribution in [0.4, 0.5) is 11.4 Å². The molecule has 1 rings (SSSR count). The highest BCUT2D eigenvalue weighted by Crippen LogP contribution is 2.24. The predicted molar refractivity (Wildman–Crippen MR) is 76.2 cm³/mol. The maximum atomic E-state index is 12.1.